The van der Waals surface area contributed by atoms with Gasteiger partial charge in [0.1, 0.15) is 0 Å². The van der Waals surface area contributed by atoms with Crippen molar-refractivity contribution in [3.63, 3.8) is 0 Å². The van der Waals surface area contributed by atoms with Crippen molar-refractivity contribution in [3.8, 4) is 0 Å². The summed E-state index contributed by atoms with van der Waals surface area (Å²) in [7, 11) is 1.76. The third-order valence-corrected chi connectivity index (χ3v) is 3.09. The molecular formula is C13H28N2O2. The highest BCUT2D eigenvalue weighted by atomic mass is 16.5. The zero-order chi connectivity index (χ0) is 12.7. The topological polar surface area (TPSA) is 33.7 Å². The van der Waals surface area contributed by atoms with Gasteiger partial charge >= 0.3 is 0 Å². The SMILES string of the molecule is COCCN(CCOC1(C)CNC1)CC(C)C. The quantitative estimate of drug-likeness (QED) is 0.655. The van der Waals surface area contributed by atoms with E-state index in [-0.39, 0.29) is 5.60 Å². The van der Waals surface area contributed by atoms with Crippen molar-refractivity contribution in [2.24, 2.45) is 5.92 Å². The van der Waals surface area contributed by atoms with Gasteiger partial charge < -0.3 is 14.8 Å². The van der Waals surface area contributed by atoms with Gasteiger partial charge in [-0.3, -0.25) is 4.90 Å². The van der Waals surface area contributed by atoms with E-state index >= 15 is 0 Å². The first-order valence-electron chi connectivity index (χ1n) is 6.62. The number of nitrogens with zero attached hydrogens (tertiary/aromatic N) is 1. The second-order valence-corrected chi connectivity index (χ2v) is 5.59. The van der Waals surface area contributed by atoms with E-state index in [0.717, 1.165) is 45.9 Å². The summed E-state index contributed by atoms with van der Waals surface area (Å²) in [6.45, 7) is 13.3. The molecule has 0 aromatic rings. The molecule has 0 atom stereocenters. The molecule has 102 valence electrons. The summed E-state index contributed by atoms with van der Waals surface area (Å²) < 4.78 is 11.1. The second-order valence-electron chi connectivity index (χ2n) is 5.59. The third kappa shape index (κ3) is 5.82. The molecule has 0 spiro atoms. The Kier molecular flexibility index (Phi) is 6.41. The van der Waals surface area contributed by atoms with Crippen LogP contribution in [0.3, 0.4) is 0 Å². The molecule has 1 N–H and O–H groups in total. The van der Waals surface area contributed by atoms with E-state index in [2.05, 4.69) is 31.0 Å². The summed E-state index contributed by atoms with van der Waals surface area (Å²) in [6, 6.07) is 0. The Morgan fingerprint density at radius 1 is 1.24 bits per heavy atom. The van der Waals surface area contributed by atoms with E-state index in [1.54, 1.807) is 7.11 Å². The fourth-order valence-electron chi connectivity index (χ4n) is 2.03. The maximum Gasteiger partial charge on any atom is 0.0902 e. The lowest BCUT2D eigenvalue weighted by atomic mass is 10.0. The van der Waals surface area contributed by atoms with Crippen LogP contribution in [0.25, 0.3) is 0 Å². The molecule has 1 aliphatic rings. The summed E-state index contributed by atoms with van der Waals surface area (Å²) >= 11 is 0. The Labute approximate surface area is 106 Å². The van der Waals surface area contributed by atoms with Crippen LogP contribution in [0.2, 0.25) is 0 Å². The molecule has 4 nitrogen and oxygen atoms in total. The molecule has 0 aliphatic carbocycles. The molecule has 0 unspecified atom stereocenters. The van der Waals surface area contributed by atoms with Gasteiger partial charge in [-0.05, 0) is 12.8 Å². The zero-order valence-corrected chi connectivity index (χ0v) is 11.8. The van der Waals surface area contributed by atoms with Crippen molar-refractivity contribution < 1.29 is 9.47 Å². The lowest BCUT2D eigenvalue weighted by molar-refractivity contribution is -0.0733. The first-order chi connectivity index (χ1) is 8.06. The smallest absolute Gasteiger partial charge is 0.0902 e. The van der Waals surface area contributed by atoms with Gasteiger partial charge in [0, 0.05) is 39.8 Å². The average molecular weight is 244 g/mol. The first-order valence-corrected chi connectivity index (χ1v) is 6.62. The molecule has 0 radical (unpaired) electrons. The first kappa shape index (κ1) is 14.9. The lowest BCUT2D eigenvalue weighted by Crippen LogP contribution is -2.59. The highest BCUT2D eigenvalue weighted by molar-refractivity contribution is 4.90. The van der Waals surface area contributed by atoms with Gasteiger partial charge in [0.25, 0.3) is 0 Å². The zero-order valence-electron chi connectivity index (χ0n) is 11.8. The standard InChI is InChI=1S/C13H28N2O2/c1-12(2)9-15(5-7-16-4)6-8-17-13(3)10-14-11-13/h12,14H,5-11H2,1-4H3. The molecule has 1 fully saturated rings. The van der Waals surface area contributed by atoms with Gasteiger partial charge in [-0.25, -0.2) is 0 Å². The summed E-state index contributed by atoms with van der Waals surface area (Å²) in [6.07, 6.45) is 0. The fourth-order valence-corrected chi connectivity index (χ4v) is 2.03. The van der Waals surface area contributed by atoms with Gasteiger partial charge in [-0.1, -0.05) is 13.8 Å². The summed E-state index contributed by atoms with van der Waals surface area (Å²) in [5.74, 6) is 0.688. The molecule has 0 saturated carbocycles. The monoisotopic (exact) mass is 244 g/mol. The molecule has 1 heterocycles. The maximum atomic E-state index is 5.91. The molecule has 0 bridgehead atoms. The van der Waals surface area contributed by atoms with E-state index in [1.807, 2.05) is 0 Å². The van der Waals surface area contributed by atoms with Gasteiger partial charge in [0.15, 0.2) is 0 Å². The molecule has 4 heteroatoms. The van der Waals surface area contributed by atoms with Crippen LogP contribution >= 0.6 is 0 Å². The van der Waals surface area contributed by atoms with Gasteiger partial charge in [0.05, 0.1) is 18.8 Å². The van der Waals surface area contributed by atoms with Crippen LogP contribution in [0.5, 0.6) is 0 Å². The Balaban J connectivity index is 2.17. The Morgan fingerprint density at radius 2 is 1.88 bits per heavy atom. The minimum Gasteiger partial charge on any atom is -0.383 e. The van der Waals surface area contributed by atoms with Crippen molar-refractivity contribution in [3.05, 3.63) is 0 Å². The Morgan fingerprint density at radius 3 is 2.35 bits per heavy atom. The molecule has 1 rings (SSSR count). The largest absolute Gasteiger partial charge is 0.383 e. The Bertz CT molecular complexity index is 206. The predicted molar refractivity (Wildman–Crippen MR) is 70.4 cm³/mol. The molecule has 0 aromatic carbocycles. The lowest BCUT2D eigenvalue weighted by Gasteiger charge is -2.39. The number of hydrogen-bond donors (Lipinski definition) is 1. The van der Waals surface area contributed by atoms with Crippen molar-refractivity contribution in [1.82, 2.24) is 10.2 Å². The normalized spacial score (nSPS) is 18.7. The maximum absolute atomic E-state index is 5.91. The van der Waals surface area contributed by atoms with Gasteiger partial charge in [-0.15, -0.1) is 0 Å². The van der Waals surface area contributed by atoms with Gasteiger partial charge in [0.2, 0.25) is 0 Å². The summed E-state index contributed by atoms with van der Waals surface area (Å²) in [5.41, 5.74) is 0.0742. The van der Waals surface area contributed by atoms with Crippen LogP contribution in [-0.2, 0) is 9.47 Å². The van der Waals surface area contributed by atoms with Crippen LogP contribution in [-0.4, -0.2) is 63.5 Å². The highest BCUT2D eigenvalue weighted by Gasteiger charge is 2.32. The molecule has 1 aliphatic heterocycles. The average Bonchev–Trinajstić information content (AvgIpc) is 2.22. The van der Waals surface area contributed by atoms with Crippen molar-refractivity contribution in [2.75, 3.05) is 53.0 Å². The second kappa shape index (κ2) is 7.31. The van der Waals surface area contributed by atoms with Crippen LogP contribution in [0.15, 0.2) is 0 Å². The third-order valence-electron chi connectivity index (χ3n) is 3.09. The van der Waals surface area contributed by atoms with E-state index in [0.29, 0.717) is 5.92 Å². The molecular weight excluding hydrogens is 216 g/mol. The minimum atomic E-state index is 0.0742. The highest BCUT2D eigenvalue weighted by Crippen LogP contribution is 2.14. The molecule has 0 amide bonds. The van der Waals surface area contributed by atoms with E-state index in [1.165, 1.54) is 0 Å². The van der Waals surface area contributed by atoms with Crippen LogP contribution in [0.4, 0.5) is 0 Å². The summed E-state index contributed by atoms with van der Waals surface area (Å²) in [4.78, 5) is 2.42. The number of hydrogen-bond acceptors (Lipinski definition) is 4. The number of rotatable bonds is 9. The van der Waals surface area contributed by atoms with Crippen LogP contribution < -0.4 is 5.32 Å². The van der Waals surface area contributed by atoms with Crippen molar-refractivity contribution in [2.45, 2.75) is 26.4 Å². The molecule has 1 saturated heterocycles. The summed E-state index contributed by atoms with van der Waals surface area (Å²) in [5, 5.41) is 3.25. The Hall–Kier alpha value is -0.160. The minimum absolute atomic E-state index is 0.0742. The van der Waals surface area contributed by atoms with E-state index < -0.39 is 0 Å². The molecule has 0 aromatic heterocycles. The van der Waals surface area contributed by atoms with Crippen molar-refractivity contribution in [1.29, 1.82) is 0 Å². The van der Waals surface area contributed by atoms with Gasteiger partial charge in [-0.2, -0.15) is 0 Å². The number of nitrogens with one attached hydrogen (secondary N) is 1. The predicted octanol–water partition coefficient (Wildman–Crippen LogP) is 0.969. The number of ether oxygens (including phenoxy) is 2. The molecule has 17 heavy (non-hydrogen) atoms. The van der Waals surface area contributed by atoms with Crippen LogP contribution in [0.1, 0.15) is 20.8 Å². The van der Waals surface area contributed by atoms with E-state index in [4.69, 9.17) is 9.47 Å². The van der Waals surface area contributed by atoms with E-state index in [9.17, 15) is 0 Å². The number of methoxy groups -OCH3 is 1. The fraction of sp³-hybridized carbons (Fsp3) is 1.00. The van der Waals surface area contributed by atoms with Crippen molar-refractivity contribution >= 4 is 0 Å². The van der Waals surface area contributed by atoms with Crippen LogP contribution in [0, 0.1) is 5.92 Å².